The van der Waals surface area contributed by atoms with Crippen molar-refractivity contribution in [2.24, 2.45) is 0 Å². The van der Waals surface area contributed by atoms with Crippen LogP contribution in [0.4, 0.5) is 17.6 Å². The van der Waals surface area contributed by atoms with Gasteiger partial charge in [0.2, 0.25) is 5.82 Å². The minimum Gasteiger partial charge on any atom is -0.489 e. The van der Waals surface area contributed by atoms with Crippen LogP contribution >= 0.6 is 0 Å². The Morgan fingerprint density at radius 3 is 2.50 bits per heavy atom. The smallest absolute Gasteiger partial charge is 0.413 e. The van der Waals surface area contributed by atoms with Gasteiger partial charge in [0.05, 0.1) is 11.9 Å². The van der Waals surface area contributed by atoms with E-state index in [1.807, 2.05) is 0 Å². The van der Waals surface area contributed by atoms with Crippen LogP contribution in [0.3, 0.4) is 0 Å². The summed E-state index contributed by atoms with van der Waals surface area (Å²) in [5, 5.41) is 8.95. The third-order valence-corrected chi connectivity index (χ3v) is 5.21. The Balaban J connectivity index is 1.51. The summed E-state index contributed by atoms with van der Waals surface area (Å²) in [5.41, 5.74) is 0.882. The van der Waals surface area contributed by atoms with Crippen LogP contribution in [0.15, 0.2) is 90.4 Å². The number of alkyl halides is 3. The van der Waals surface area contributed by atoms with Crippen LogP contribution in [0.1, 0.15) is 27.7 Å². The summed E-state index contributed by atoms with van der Waals surface area (Å²) >= 11 is 0. The SMILES string of the molecule is O=C(O)c1ncc(-c2ccc(COC3=CC=CC(c4ccccc4F)C(C(F)(F)F)=C3)cc2)[nH]1. The number of halogens is 4. The van der Waals surface area contributed by atoms with E-state index in [-0.39, 0.29) is 23.8 Å². The highest BCUT2D eigenvalue weighted by atomic mass is 19.4. The van der Waals surface area contributed by atoms with Crippen LogP contribution in [0.5, 0.6) is 0 Å². The number of H-pyrrole nitrogens is 1. The Morgan fingerprint density at radius 2 is 1.85 bits per heavy atom. The summed E-state index contributed by atoms with van der Waals surface area (Å²) in [6.07, 6.45) is 1.71. The van der Waals surface area contributed by atoms with Crippen molar-refractivity contribution < 1.29 is 32.2 Å². The molecule has 4 rings (SSSR count). The third kappa shape index (κ3) is 5.09. The summed E-state index contributed by atoms with van der Waals surface area (Å²) in [4.78, 5) is 17.4. The zero-order valence-corrected chi connectivity index (χ0v) is 17.5. The van der Waals surface area contributed by atoms with E-state index >= 15 is 0 Å². The number of hydrogen-bond donors (Lipinski definition) is 2. The second-order valence-corrected chi connectivity index (χ2v) is 7.49. The highest BCUT2D eigenvalue weighted by Crippen LogP contribution is 2.40. The maximum absolute atomic E-state index is 14.2. The number of benzene rings is 2. The molecule has 0 radical (unpaired) electrons. The first-order valence-corrected chi connectivity index (χ1v) is 10.1. The van der Waals surface area contributed by atoms with Crippen LogP contribution in [-0.4, -0.2) is 27.2 Å². The minimum absolute atomic E-state index is 0.00466. The average molecular weight is 470 g/mol. The molecule has 9 heteroatoms. The first-order valence-electron chi connectivity index (χ1n) is 10.1. The number of imidazole rings is 1. The van der Waals surface area contributed by atoms with Gasteiger partial charge in [-0.05, 0) is 34.9 Å². The fraction of sp³-hybridized carbons (Fsp3) is 0.120. The Bertz CT molecular complexity index is 1290. The number of aromatic amines is 1. The second-order valence-electron chi connectivity index (χ2n) is 7.49. The minimum atomic E-state index is -4.69. The highest BCUT2D eigenvalue weighted by Gasteiger charge is 2.39. The molecule has 1 aliphatic rings. The molecule has 2 aromatic carbocycles. The summed E-state index contributed by atoms with van der Waals surface area (Å²) in [7, 11) is 0. The summed E-state index contributed by atoms with van der Waals surface area (Å²) in [6, 6.07) is 12.2. The number of hydrogen-bond acceptors (Lipinski definition) is 3. The van der Waals surface area contributed by atoms with Crippen LogP contribution in [0, 0.1) is 5.82 Å². The maximum Gasteiger partial charge on any atom is 0.413 e. The van der Waals surface area contributed by atoms with Crippen molar-refractivity contribution in [2.75, 3.05) is 0 Å². The number of carbonyl (C=O) groups is 1. The molecular weight excluding hydrogens is 452 g/mol. The molecule has 0 saturated heterocycles. The monoisotopic (exact) mass is 470 g/mol. The molecule has 1 unspecified atom stereocenters. The molecule has 2 N–H and O–H groups in total. The van der Waals surface area contributed by atoms with Crippen LogP contribution in [0.2, 0.25) is 0 Å². The van der Waals surface area contributed by atoms with Gasteiger partial charge >= 0.3 is 12.1 Å². The normalized spacial score (nSPS) is 15.9. The largest absolute Gasteiger partial charge is 0.489 e. The van der Waals surface area contributed by atoms with Crippen molar-refractivity contribution in [3.8, 4) is 11.3 Å². The Labute approximate surface area is 191 Å². The molecule has 1 aromatic heterocycles. The first kappa shape index (κ1) is 23.0. The fourth-order valence-electron chi connectivity index (χ4n) is 3.53. The van der Waals surface area contributed by atoms with Crippen molar-refractivity contribution in [2.45, 2.75) is 18.7 Å². The zero-order chi connectivity index (χ0) is 24.3. The number of nitrogens with zero attached hydrogens (tertiary/aromatic N) is 1. The molecule has 1 atom stereocenters. The quantitative estimate of drug-likeness (QED) is 0.424. The lowest BCUT2D eigenvalue weighted by atomic mass is 9.90. The van der Waals surface area contributed by atoms with E-state index in [4.69, 9.17) is 9.84 Å². The van der Waals surface area contributed by atoms with Crippen molar-refractivity contribution in [3.63, 3.8) is 0 Å². The fourth-order valence-corrected chi connectivity index (χ4v) is 3.53. The number of ether oxygens (including phenoxy) is 1. The molecule has 0 bridgehead atoms. The maximum atomic E-state index is 14.2. The van der Waals surface area contributed by atoms with Gasteiger partial charge in [0.25, 0.3) is 0 Å². The second kappa shape index (κ2) is 9.38. The molecule has 0 spiro atoms. The highest BCUT2D eigenvalue weighted by molar-refractivity contribution is 5.84. The number of carboxylic acid groups (broad SMARTS) is 1. The van der Waals surface area contributed by atoms with Gasteiger partial charge in [-0.25, -0.2) is 14.2 Å². The topological polar surface area (TPSA) is 75.2 Å². The van der Waals surface area contributed by atoms with Crippen molar-refractivity contribution >= 4 is 5.97 Å². The van der Waals surface area contributed by atoms with E-state index < -0.39 is 29.5 Å². The lowest BCUT2D eigenvalue weighted by molar-refractivity contribution is -0.0949. The Hall–Kier alpha value is -4.14. The Kier molecular flexibility index (Phi) is 6.36. The van der Waals surface area contributed by atoms with Gasteiger partial charge in [-0.2, -0.15) is 13.2 Å². The Morgan fingerprint density at radius 1 is 1.12 bits per heavy atom. The van der Waals surface area contributed by atoms with Gasteiger partial charge in [-0.15, -0.1) is 0 Å². The predicted octanol–water partition coefficient (Wildman–Crippen LogP) is 6.16. The van der Waals surface area contributed by atoms with Crippen LogP contribution < -0.4 is 0 Å². The lowest BCUT2D eigenvalue weighted by Crippen LogP contribution is -2.19. The summed E-state index contributed by atoms with van der Waals surface area (Å²) in [5.74, 6) is -3.39. The van der Waals surface area contributed by atoms with E-state index in [9.17, 15) is 22.4 Å². The molecule has 0 aliphatic heterocycles. The molecule has 1 aliphatic carbocycles. The third-order valence-electron chi connectivity index (χ3n) is 5.21. The van der Waals surface area contributed by atoms with Gasteiger partial charge < -0.3 is 14.8 Å². The average Bonchev–Trinajstić information content (AvgIpc) is 3.19. The van der Waals surface area contributed by atoms with E-state index in [0.29, 0.717) is 16.8 Å². The van der Waals surface area contributed by atoms with E-state index in [0.717, 1.165) is 12.1 Å². The van der Waals surface area contributed by atoms with Crippen LogP contribution in [-0.2, 0) is 11.3 Å². The van der Waals surface area contributed by atoms with Crippen LogP contribution in [0.25, 0.3) is 11.3 Å². The molecule has 174 valence electrons. The lowest BCUT2D eigenvalue weighted by Gasteiger charge is -2.20. The van der Waals surface area contributed by atoms with E-state index in [1.54, 1.807) is 24.3 Å². The van der Waals surface area contributed by atoms with Gasteiger partial charge in [0.15, 0.2) is 0 Å². The number of allylic oxidation sites excluding steroid dienone is 5. The number of aromatic nitrogens is 2. The number of rotatable bonds is 6. The molecule has 3 aromatic rings. The van der Waals surface area contributed by atoms with Gasteiger partial charge in [-0.3, -0.25) is 0 Å². The molecule has 34 heavy (non-hydrogen) atoms. The number of nitrogens with one attached hydrogen (secondary N) is 1. The van der Waals surface area contributed by atoms with Gasteiger partial charge in [-0.1, -0.05) is 54.6 Å². The van der Waals surface area contributed by atoms with Crippen molar-refractivity contribution in [1.82, 2.24) is 9.97 Å². The molecule has 5 nitrogen and oxygen atoms in total. The van der Waals surface area contributed by atoms with E-state index in [1.165, 1.54) is 42.6 Å². The standard InChI is InChI=1S/C25H18F4N2O3/c26-21-7-2-1-5-19(21)18-6-3-4-17(12-20(18)25(27,28)29)34-14-15-8-10-16(11-9-15)22-13-30-23(31-22)24(32)33/h1-13,18H,14H2,(H,30,31)(H,32,33). The van der Waals surface area contributed by atoms with Gasteiger partial charge in [0, 0.05) is 11.5 Å². The molecule has 0 saturated carbocycles. The van der Waals surface area contributed by atoms with Crippen molar-refractivity contribution in [3.05, 3.63) is 113 Å². The van der Waals surface area contributed by atoms with Crippen molar-refractivity contribution in [1.29, 1.82) is 0 Å². The molecule has 0 fully saturated rings. The predicted molar refractivity (Wildman–Crippen MR) is 116 cm³/mol. The molecular formula is C25H18F4N2O3. The van der Waals surface area contributed by atoms with Gasteiger partial charge in [0.1, 0.15) is 18.2 Å². The molecule has 0 amide bonds. The number of carboxylic acids is 1. The summed E-state index contributed by atoms with van der Waals surface area (Å²) in [6.45, 7) is -0.00466. The number of aromatic carboxylic acids is 1. The summed E-state index contributed by atoms with van der Waals surface area (Å²) < 4.78 is 61.3. The first-order chi connectivity index (χ1) is 16.2. The molecule has 1 heterocycles. The zero-order valence-electron chi connectivity index (χ0n) is 17.5. The van der Waals surface area contributed by atoms with E-state index in [2.05, 4.69) is 9.97 Å².